The van der Waals surface area contributed by atoms with Gasteiger partial charge in [0.25, 0.3) is 0 Å². The van der Waals surface area contributed by atoms with Gasteiger partial charge in [-0.2, -0.15) is 5.10 Å². The number of hydrogen-bond acceptors (Lipinski definition) is 4. The van der Waals surface area contributed by atoms with E-state index in [4.69, 9.17) is 0 Å². The van der Waals surface area contributed by atoms with Crippen LogP contribution in [0, 0.1) is 0 Å². The molecule has 0 bridgehead atoms. The lowest BCUT2D eigenvalue weighted by molar-refractivity contribution is 0.0422. The largest absolute Gasteiger partial charge is 0.390 e. The van der Waals surface area contributed by atoms with Crippen molar-refractivity contribution in [1.82, 2.24) is 19.6 Å². The molecule has 1 aromatic heterocycles. The van der Waals surface area contributed by atoms with Gasteiger partial charge in [-0.15, -0.1) is 0 Å². The fourth-order valence-electron chi connectivity index (χ4n) is 3.78. The molecule has 1 aliphatic rings. The van der Waals surface area contributed by atoms with E-state index in [0.717, 1.165) is 26.2 Å². The molecule has 5 heteroatoms. The Hall–Kier alpha value is -1.69. The van der Waals surface area contributed by atoms with Crippen LogP contribution in [0.4, 0.5) is 0 Å². The summed E-state index contributed by atoms with van der Waals surface area (Å²) in [6, 6.07) is 12.9. The Morgan fingerprint density at radius 1 is 1.24 bits per heavy atom. The number of hydrogen-bond donors (Lipinski definition) is 1. The fraction of sp³-hybridized carbons (Fsp3) is 0.550. The third kappa shape index (κ3) is 5.66. The first kappa shape index (κ1) is 18.1. The van der Waals surface area contributed by atoms with Crippen molar-refractivity contribution in [3.05, 3.63) is 54.4 Å². The number of piperidine rings is 1. The van der Waals surface area contributed by atoms with Crippen LogP contribution >= 0.6 is 0 Å². The van der Waals surface area contributed by atoms with E-state index in [9.17, 15) is 5.11 Å². The summed E-state index contributed by atoms with van der Waals surface area (Å²) >= 11 is 0. The quantitative estimate of drug-likeness (QED) is 0.799. The van der Waals surface area contributed by atoms with E-state index in [0.29, 0.717) is 12.6 Å². The van der Waals surface area contributed by atoms with Crippen LogP contribution < -0.4 is 0 Å². The molecule has 1 aromatic carbocycles. The second-order valence-electron chi connectivity index (χ2n) is 7.21. The number of nitrogens with zero attached hydrogens (tertiary/aromatic N) is 4. The van der Waals surface area contributed by atoms with Gasteiger partial charge in [-0.05, 0) is 38.1 Å². The molecule has 1 saturated heterocycles. The van der Waals surface area contributed by atoms with Crippen LogP contribution in [0.5, 0.6) is 0 Å². The molecule has 2 aromatic rings. The van der Waals surface area contributed by atoms with Gasteiger partial charge in [0.1, 0.15) is 0 Å². The van der Waals surface area contributed by atoms with Gasteiger partial charge in [-0.25, -0.2) is 0 Å². The van der Waals surface area contributed by atoms with Crippen molar-refractivity contribution < 1.29 is 5.11 Å². The predicted molar refractivity (Wildman–Crippen MR) is 100 cm³/mol. The molecule has 136 valence electrons. The third-order valence-electron chi connectivity index (χ3n) is 4.97. The molecule has 2 unspecified atom stereocenters. The molecule has 0 amide bonds. The highest BCUT2D eigenvalue weighted by atomic mass is 16.3. The number of aliphatic hydroxyl groups excluding tert-OH is 1. The van der Waals surface area contributed by atoms with Crippen molar-refractivity contribution in [2.75, 3.05) is 26.7 Å². The van der Waals surface area contributed by atoms with E-state index < -0.39 is 0 Å². The highest BCUT2D eigenvalue weighted by Crippen LogP contribution is 2.19. The zero-order chi connectivity index (χ0) is 17.5. The minimum absolute atomic E-state index is 0.327. The van der Waals surface area contributed by atoms with Crippen LogP contribution in [-0.4, -0.2) is 63.5 Å². The number of rotatable bonds is 8. The van der Waals surface area contributed by atoms with E-state index in [1.165, 1.54) is 24.8 Å². The molecular formula is C20H30N4O. The minimum Gasteiger partial charge on any atom is -0.390 e. The van der Waals surface area contributed by atoms with Gasteiger partial charge >= 0.3 is 0 Å². The number of β-amino-alcohol motifs (C(OH)–C–C–N with tert-alkyl or cyclic N) is 1. The van der Waals surface area contributed by atoms with Crippen molar-refractivity contribution in [1.29, 1.82) is 0 Å². The predicted octanol–water partition coefficient (Wildman–Crippen LogP) is 2.23. The van der Waals surface area contributed by atoms with Crippen LogP contribution in [0.2, 0.25) is 0 Å². The van der Waals surface area contributed by atoms with Gasteiger partial charge in [0, 0.05) is 38.1 Å². The summed E-state index contributed by atoms with van der Waals surface area (Å²) in [5, 5.41) is 14.9. The van der Waals surface area contributed by atoms with Crippen molar-refractivity contribution in [2.45, 2.75) is 44.5 Å². The third-order valence-corrected chi connectivity index (χ3v) is 4.97. The van der Waals surface area contributed by atoms with E-state index in [-0.39, 0.29) is 6.10 Å². The maximum Gasteiger partial charge on any atom is 0.0793 e. The molecule has 5 nitrogen and oxygen atoms in total. The number of benzene rings is 1. The first-order valence-corrected chi connectivity index (χ1v) is 9.33. The Kier molecular flexibility index (Phi) is 6.62. The Morgan fingerprint density at radius 3 is 2.84 bits per heavy atom. The van der Waals surface area contributed by atoms with Crippen molar-refractivity contribution >= 4 is 0 Å². The zero-order valence-corrected chi connectivity index (χ0v) is 15.2. The monoisotopic (exact) mass is 342 g/mol. The first-order valence-electron chi connectivity index (χ1n) is 9.33. The van der Waals surface area contributed by atoms with Gasteiger partial charge in [-0.1, -0.05) is 36.8 Å². The molecule has 0 radical (unpaired) electrons. The SMILES string of the molecule is CN(Cc1ccccc1)CC(O)CN1CCCCC1Cn1cccn1. The number of likely N-dealkylation sites (N-methyl/N-ethyl adjacent to an activating group) is 1. The smallest absolute Gasteiger partial charge is 0.0793 e. The summed E-state index contributed by atoms with van der Waals surface area (Å²) in [6.07, 6.45) is 7.21. The Balaban J connectivity index is 1.48. The Bertz CT molecular complexity index is 601. The second kappa shape index (κ2) is 9.13. The highest BCUT2D eigenvalue weighted by molar-refractivity contribution is 5.14. The topological polar surface area (TPSA) is 44.5 Å². The first-order chi connectivity index (χ1) is 12.2. The molecule has 1 fully saturated rings. The van der Waals surface area contributed by atoms with Crippen LogP contribution in [0.1, 0.15) is 24.8 Å². The summed E-state index contributed by atoms with van der Waals surface area (Å²) in [5.41, 5.74) is 1.28. The maximum absolute atomic E-state index is 10.6. The van der Waals surface area contributed by atoms with Crippen molar-refractivity contribution in [2.24, 2.45) is 0 Å². The molecule has 2 heterocycles. The number of likely N-dealkylation sites (tertiary alicyclic amines) is 1. The second-order valence-corrected chi connectivity index (χ2v) is 7.21. The molecule has 0 saturated carbocycles. The normalized spacial score (nSPS) is 20.0. The van der Waals surface area contributed by atoms with Crippen molar-refractivity contribution in [3.63, 3.8) is 0 Å². The summed E-state index contributed by atoms with van der Waals surface area (Å²) in [7, 11) is 2.08. The van der Waals surface area contributed by atoms with E-state index in [2.05, 4.69) is 46.2 Å². The average molecular weight is 342 g/mol. The van der Waals surface area contributed by atoms with Gasteiger partial charge in [0.2, 0.25) is 0 Å². The van der Waals surface area contributed by atoms with E-state index in [1.807, 2.05) is 29.2 Å². The molecule has 0 aliphatic carbocycles. The van der Waals surface area contributed by atoms with Gasteiger partial charge in [0.15, 0.2) is 0 Å². The van der Waals surface area contributed by atoms with E-state index in [1.54, 1.807) is 0 Å². The maximum atomic E-state index is 10.6. The minimum atomic E-state index is -0.327. The number of aromatic nitrogens is 2. The molecule has 3 rings (SSSR count). The van der Waals surface area contributed by atoms with Crippen LogP contribution in [-0.2, 0) is 13.1 Å². The van der Waals surface area contributed by atoms with Gasteiger partial charge in [0.05, 0.1) is 12.6 Å². The summed E-state index contributed by atoms with van der Waals surface area (Å²) in [4.78, 5) is 4.65. The van der Waals surface area contributed by atoms with Crippen LogP contribution in [0.15, 0.2) is 48.8 Å². The summed E-state index contributed by atoms with van der Waals surface area (Å²) in [6.45, 7) is 4.30. The molecular weight excluding hydrogens is 312 g/mol. The molecule has 25 heavy (non-hydrogen) atoms. The zero-order valence-electron chi connectivity index (χ0n) is 15.2. The molecule has 1 N–H and O–H groups in total. The molecule has 2 atom stereocenters. The summed E-state index contributed by atoms with van der Waals surface area (Å²) < 4.78 is 2.01. The molecule has 0 spiro atoms. The molecule has 1 aliphatic heterocycles. The van der Waals surface area contributed by atoms with Crippen LogP contribution in [0.25, 0.3) is 0 Å². The lowest BCUT2D eigenvalue weighted by Crippen LogP contribution is -2.47. The highest BCUT2D eigenvalue weighted by Gasteiger charge is 2.25. The van der Waals surface area contributed by atoms with Crippen molar-refractivity contribution in [3.8, 4) is 0 Å². The lowest BCUT2D eigenvalue weighted by Gasteiger charge is -2.37. The van der Waals surface area contributed by atoms with Crippen LogP contribution in [0.3, 0.4) is 0 Å². The lowest BCUT2D eigenvalue weighted by atomic mass is 10.0. The average Bonchev–Trinajstić information content (AvgIpc) is 3.10. The Labute approximate surface area is 150 Å². The Morgan fingerprint density at radius 2 is 2.08 bits per heavy atom. The van der Waals surface area contributed by atoms with Gasteiger partial charge in [-0.3, -0.25) is 14.5 Å². The summed E-state index contributed by atoms with van der Waals surface area (Å²) in [5.74, 6) is 0. The van der Waals surface area contributed by atoms with Gasteiger partial charge < -0.3 is 5.11 Å². The standard InChI is InChI=1S/C20H30N4O/c1-22(14-18-8-3-2-4-9-18)16-20(25)17-23-12-6-5-10-19(23)15-24-13-7-11-21-24/h2-4,7-9,11,13,19-20,25H,5-6,10,12,14-17H2,1H3. The number of aliphatic hydroxyl groups is 1. The fourth-order valence-corrected chi connectivity index (χ4v) is 3.78. The van der Waals surface area contributed by atoms with E-state index >= 15 is 0 Å².